The Labute approximate surface area is 180 Å². The van der Waals surface area contributed by atoms with Gasteiger partial charge in [0.15, 0.2) is 0 Å². The number of amides is 2. The molecule has 2 amide bonds. The number of nitrogens with one attached hydrogen (secondary N) is 2. The zero-order chi connectivity index (χ0) is 21.5. The van der Waals surface area contributed by atoms with E-state index in [1.807, 2.05) is 62.4 Å². The van der Waals surface area contributed by atoms with Crippen LogP contribution in [0.3, 0.4) is 0 Å². The number of aryl methyl sites for hydroxylation is 1. The smallest absolute Gasteiger partial charge is 0.234 e. The van der Waals surface area contributed by atoms with E-state index in [2.05, 4.69) is 16.7 Å². The summed E-state index contributed by atoms with van der Waals surface area (Å²) in [6.07, 6.45) is 0.191. The van der Waals surface area contributed by atoms with Crippen LogP contribution in [0.5, 0.6) is 5.75 Å². The van der Waals surface area contributed by atoms with Crippen LogP contribution in [0.1, 0.15) is 30.4 Å². The van der Waals surface area contributed by atoms with Crippen LogP contribution in [-0.4, -0.2) is 24.2 Å². The van der Waals surface area contributed by atoms with Gasteiger partial charge in [0, 0.05) is 18.0 Å². The molecule has 0 aromatic heterocycles. The lowest BCUT2D eigenvalue weighted by Crippen LogP contribution is -2.31. The first-order valence-corrected chi connectivity index (χ1v) is 10.6. The van der Waals surface area contributed by atoms with Crippen LogP contribution in [0.4, 0.5) is 5.69 Å². The van der Waals surface area contributed by atoms with Gasteiger partial charge in [-0.15, -0.1) is 0 Å². The van der Waals surface area contributed by atoms with Gasteiger partial charge in [-0.3, -0.25) is 9.59 Å². The topological polar surface area (TPSA) is 91.2 Å². The molecule has 0 radical (unpaired) electrons. The maximum absolute atomic E-state index is 12.3. The Bertz CT molecular complexity index is 1010. The van der Waals surface area contributed by atoms with Gasteiger partial charge in [-0.2, -0.15) is 5.26 Å². The van der Waals surface area contributed by atoms with Crippen molar-refractivity contribution in [2.45, 2.75) is 26.2 Å². The Morgan fingerprint density at radius 2 is 2.07 bits per heavy atom. The lowest BCUT2D eigenvalue weighted by molar-refractivity contribution is -0.121. The van der Waals surface area contributed by atoms with Gasteiger partial charge in [-0.05, 0) is 49.2 Å². The monoisotopic (exact) mass is 421 g/mol. The molecule has 1 atom stereocenters. The summed E-state index contributed by atoms with van der Waals surface area (Å²) in [6.45, 7) is 4.43. The largest absolute Gasteiger partial charge is 0.494 e. The van der Waals surface area contributed by atoms with Gasteiger partial charge >= 0.3 is 0 Å². The molecule has 0 spiro atoms. The number of hydrogen-bond donors (Lipinski definition) is 2. The molecule has 1 aliphatic rings. The highest BCUT2D eigenvalue weighted by molar-refractivity contribution is 8.03. The number of carbonyl (C=O) groups is 2. The number of carbonyl (C=O) groups excluding carboxylic acids is 2. The number of nitrogens with zero attached hydrogens (tertiary/aromatic N) is 1. The molecule has 30 heavy (non-hydrogen) atoms. The predicted octanol–water partition coefficient (Wildman–Crippen LogP) is 4.10. The Morgan fingerprint density at radius 3 is 2.73 bits per heavy atom. The number of thioether (sulfide) groups is 1. The van der Waals surface area contributed by atoms with E-state index in [0.717, 1.165) is 34.3 Å². The summed E-state index contributed by atoms with van der Waals surface area (Å²) < 4.78 is 5.46. The molecule has 3 rings (SSSR count). The molecule has 1 heterocycles. The second-order valence-electron chi connectivity index (χ2n) is 6.87. The number of nitriles is 1. The van der Waals surface area contributed by atoms with Crippen molar-refractivity contribution in [1.82, 2.24) is 5.32 Å². The fourth-order valence-corrected chi connectivity index (χ4v) is 4.12. The number of benzene rings is 2. The molecule has 154 valence electrons. The molecule has 1 aliphatic heterocycles. The summed E-state index contributed by atoms with van der Waals surface area (Å²) >= 11 is 1.16. The highest BCUT2D eigenvalue weighted by atomic mass is 32.2. The molecule has 6 nitrogen and oxygen atoms in total. The Kier molecular flexibility index (Phi) is 7.15. The molecule has 0 fully saturated rings. The lowest BCUT2D eigenvalue weighted by atomic mass is 9.87. The number of allylic oxidation sites excluding steroid dienone is 1. The number of rotatable bonds is 7. The van der Waals surface area contributed by atoms with Gasteiger partial charge in [-0.1, -0.05) is 36.0 Å². The van der Waals surface area contributed by atoms with Gasteiger partial charge in [0.25, 0.3) is 0 Å². The number of ether oxygens (including phenoxy) is 1. The molecule has 2 aromatic rings. The van der Waals surface area contributed by atoms with Crippen molar-refractivity contribution in [2.75, 3.05) is 17.7 Å². The van der Waals surface area contributed by atoms with Crippen molar-refractivity contribution in [1.29, 1.82) is 5.26 Å². The first-order valence-electron chi connectivity index (χ1n) is 9.66. The van der Waals surface area contributed by atoms with Crippen molar-refractivity contribution in [2.24, 2.45) is 0 Å². The third-order valence-corrected chi connectivity index (χ3v) is 5.62. The van der Waals surface area contributed by atoms with Gasteiger partial charge in [0.05, 0.1) is 29.0 Å². The van der Waals surface area contributed by atoms with E-state index < -0.39 is 0 Å². The van der Waals surface area contributed by atoms with E-state index in [1.165, 1.54) is 0 Å². The Hall–Kier alpha value is -3.24. The predicted molar refractivity (Wildman–Crippen MR) is 118 cm³/mol. The molecule has 0 bridgehead atoms. The number of hydrogen-bond acceptors (Lipinski definition) is 5. The van der Waals surface area contributed by atoms with Crippen molar-refractivity contribution in [3.63, 3.8) is 0 Å². The van der Waals surface area contributed by atoms with E-state index in [4.69, 9.17) is 4.74 Å². The van der Waals surface area contributed by atoms with Gasteiger partial charge < -0.3 is 15.4 Å². The molecule has 7 heteroatoms. The highest BCUT2D eigenvalue weighted by Gasteiger charge is 2.29. The minimum absolute atomic E-state index is 0.0880. The van der Waals surface area contributed by atoms with Crippen molar-refractivity contribution < 1.29 is 14.3 Å². The van der Waals surface area contributed by atoms with Crippen LogP contribution < -0.4 is 15.4 Å². The minimum atomic E-state index is -0.346. The van der Waals surface area contributed by atoms with Crippen LogP contribution in [0.25, 0.3) is 0 Å². The van der Waals surface area contributed by atoms with Crippen LogP contribution in [0, 0.1) is 18.3 Å². The maximum Gasteiger partial charge on any atom is 0.234 e. The summed E-state index contributed by atoms with van der Waals surface area (Å²) in [6, 6.07) is 17.2. The standard InChI is InChI=1S/C23H23N3O3S/c1-3-29-18-9-7-16(8-10-18)19-12-21(27)26-23(20(19)13-24)30-14-22(28)25-17-6-4-5-15(2)11-17/h4-11,19H,3,12,14H2,1-2H3,(H,25,28)(H,26,27)/t19-/m0/s1. The van der Waals surface area contributed by atoms with E-state index >= 15 is 0 Å². The quantitative estimate of drug-likeness (QED) is 0.702. The van der Waals surface area contributed by atoms with Gasteiger partial charge in [-0.25, -0.2) is 0 Å². The third-order valence-electron chi connectivity index (χ3n) is 4.60. The van der Waals surface area contributed by atoms with Crippen LogP contribution in [-0.2, 0) is 9.59 Å². The maximum atomic E-state index is 12.3. The molecule has 2 aromatic carbocycles. The summed E-state index contributed by atoms with van der Waals surface area (Å²) in [5.41, 5.74) is 3.10. The molecule has 0 saturated carbocycles. The number of anilines is 1. The van der Waals surface area contributed by atoms with Crippen molar-refractivity contribution in [3.05, 3.63) is 70.3 Å². The third kappa shape index (κ3) is 5.43. The molecule has 2 N–H and O–H groups in total. The SMILES string of the molecule is CCOc1ccc([C@@H]2CC(=O)NC(SCC(=O)Nc3cccc(C)c3)=C2C#N)cc1. The van der Waals surface area contributed by atoms with Crippen LogP contribution >= 0.6 is 11.8 Å². The first kappa shape index (κ1) is 21.5. The molecule has 0 unspecified atom stereocenters. The second kappa shape index (κ2) is 9.99. The van der Waals surface area contributed by atoms with E-state index in [0.29, 0.717) is 17.2 Å². The summed E-state index contributed by atoms with van der Waals surface area (Å²) in [5, 5.41) is 15.8. The molecule has 0 saturated heterocycles. The van der Waals surface area contributed by atoms with Crippen LogP contribution in [0.2, 0.25) is 0 Å². The van der Waals surface area contributed by atoms with E-state index in [9.17, 15) is 14.9 Å². The van der Waals surface area contributed by atoms with Gasteiger partial charge in [0.1, 0.15) is 5.75 Å². The van der Waals surface area contributed by atoms with E-state index in [-0.39, 0.29) is 29.9 Å². The average molecular weight is 422 g/mol. The highest BCUT2D eigenvalue weighted by Crippen LogP contribution is 2.36. The first-order chi connectivity index (χ1) is 14.5. The fourth-order valence-electron chi connectivity index (χ4n) is 3.24. The summed E-state index contributed by atoms with van der Waals surface area (Å²) in [4.78, 5) is 24.6. The minimum Gasteiger partial charge on any atom is -0.494 e. The normalized spacial score (nSPS) is 15.9. The van der Waals surface area contributed by atoms with Crippen molar-refractivity contribution >= 4 is 29.3 Å². The van der Waals surface area contributed by atoms with Crippen molar-refractivity contribution in [3.8, 4) is 11.8 Å². The second-order valence-corrected chi connectivity index (χ2v) is 7.85. The lowest BCUT2D eigenvalue weighted by Gasteiger charge is -2.25. The van der Waals surface area contributed by atoms with Crippen LogP contribution in [0.15, 0.2) is 59.1 Å². The molecular weight excluding hydrogens is 398 g/mol. The molecule has 0 aliphatic carbocycles. The van der Waals surface area contributed by atoms with E-state index in [1.54, 1.807) is 0 Å². The van der Waals surface area contributed by atoms with Gasteiger partial charge in [0.2, 0.25) is 11.8 Å². The molecular formula is C23H23N3O3S. The zero-order valence-electron chi connectivity index (χ0n) is 16.9. The summed E-state index contributed by atoms with van der Waals surface area (Å²) in [7, 11) is 0. The average Bonchev–Trinajstić information content (AvgIpc) is 2.72. The summed E-state index contributed by atoms with van der Waals surface area (Å²) in [5.74, 6) is 0.112. The zero-order valence-corrected chi connectivity index (χ0v) is 17.7. The Morgan fingerprint density at radius 1 is 1.30 bits per heavy atom. The Balaban J connectivity index is 1.73. The fraction of sp³-hybridized carbons (Fsp3) is 0.261.